The lowest BCUT2D eigenvalue weighted by molar-refractivity contribution is -0.141. The molecule has 3 aromatic rings. The minimum absolute atomic E-state index is 0.315. The molecule has 0 bridgehead atoms. The molecule has 3 fully saturated rings. The number of fused-ring (bicyclic) bond motifs is 1. The Labute approximate surface area is 261 Å². The summed E-state index contributed by atoms with van der Waals surface area (Å²) in [4.78, 5) is 23.9. The van der Waals surface area contributed by atoms with E-state index in [1.165, 1.54) is 83.6 Å². The van der Waals surface area contributed by atoms with Gasteiger partial charge in [0.1, 0.15) is 17.1 Å². The van der Waals surface area contributed by atoms with Gasteiger partial charge in [0.2, 0.25) is 0 Å². The second kappa shape index (κ2) is 12.6. The number of ether oxygens (including phenoxy) is 1. The van der Waals surface area contributed by atoms with E-state index in [4.69, 9.17) is 9.72 Å². The number of benzene rings is 1. The van der Waals surface area contributed by atoms with Crippen molar-refractivity contribution in [2.24, 2.45) is 17.3 Å². The fraction of sp³-hybridized carbons (Fsp3) is 0.618. The summed E-state index contributed by atoms with van der Waals surface area (Å²) in [6.45, 7) is 3.52. The average Bonchev–Trinajstić information content (AvgIpc) is 3.42. The SMILES string of the molecule is CCC1CC2(CCC(N(C)CC3CCC(c4nc5cc(OC)c(NC(=O)c6cccc(C(F)(F)F)n6)cc5s4)CC3)CC2)C1. The Bertz CT molecular complexity index is 1470. The van der Waals surface area contributed by atoms with Crippen LogP contribution in [0.5, 0.6) is 5.75 Å². The van der Waals surface area contributed by atoms with Gasteiger partial charge >= 0.3 is 6.18 Å². The monoisotopic (exact) mass is 628 g/mol. The van der Waals surface area contributed by atoms with Crippen LogP contribution in [0.25, 0.3) is 10.2 Å². The van der Waals surface area contributed by atoms with Crippen molar-refractivity contribution in [1.82, 2.24) is 14.9 Å². The Morgan fingerprint density at radius 2 is 1.80 bits per heavy atom. The Morgan fingerprint density at radius 3 is 2.45 bits per heavy atom. The van der Waals surface area contributed by atoms with Crippen LogP contribution in [0.4, 0.5) is 18.9 Å². The molecule has 1 N–H and O–H groups in total. The van der Waals surface area contributed by atoms with Gasteiger partial charge in [0.25, 0.3) is 5.91 Å². The number of hydrogen-bond donors (Lipinski definition) is 1. The van der Waals surface area contributed by atoms with Gasteiger partial charge in [-0.2, -0.15) is 13.2 Å². The zero-order chi connectivity index (χ0) is 31.1. The van der Waals surface area contributed by atoms with Crippen molar-refractivity contribution in [3.63, 3.8) is 0 Å². The summed E-state index contributed by atoms with van der Waals surface area (Å²) in [5.74, 6) is 1.78. The minimum atomic E-state index is -4.63. The van der Waals surface area contributed by atoms with Gasteiger partial charge < -0.3 is 15.0 Å². The quantitative estimate of drug-likeness (QED) is 0.270. The van der Waals surface area contributed by atoms with Crippen molar-refractivity contribution in [2.75, 3.05) is 26.0 Å². The lowest BCUT2D eigenvalue weighted by Gasteiger charge is -2.53. The number of alkyl halides is 3. The molecule has 44 heavy (non-hydrogen) atoms. The Morgan fingerprint density at radius 1 is 1.07 bits per heavy atom. The highest BCUT2D eigenvalue weighted by Crippen LogP contribution is 2.56. The van der Waals surface area contributed by atoms with E-state index in [-0.39, 0.29) is 5.69 Å². The van der Waals surface area contributed by atoms with Crippen molar-refractivity contribution in [2.45, 2.75) is 95.7 Å². The van der Waals surface area contributed by atoms with E-state index in [2.05, 4.69) is 29.2 Å². The fourth-order valence-electron chi connectivity index (χ4n) is 7.99. The molecule has 0 aliphatic heterocycles. The number of amides is 1. The topological polar surface area (TPSA) is 67.3 Å². The Hall–Kier alpha value is -2.72. The van der Waals surface area contributed by atoms with Gasteiger partial charge in [0.05, 0.1) is 28.0 Å². The van der Waals surface area contributed by atoms with Crippen molar-refractivity contribution in [1.29, 1.82) is 0 Å². The fourth-order valence-corrected chi connectivity index (χ4v) is 9.14. The summed E-state index contributed by atoms with van der Waals surface area (Å²) in [6.07, 6.45) is 9.85. The van der Waals surface area contributed by atoms with Crippen LogP contribution in [0.2, 0.25) is 0 Å². The van der Waals surface area contributed by atoms with Crippen LogP contribution in [0.15, 0.2) is 30.3 Å². The van der Waals surface area contributed by atoms with E-state index in [1.807, 2.05) is 0 Å². The summed E-state index contributed by atoms with van der Waals surface area (Å²) in [5, 5.41) is 3.78. The number of carbonyl (C=O) groups is 1. The van der Waals surface area contributed by atoms with Crippen LogP contribution in [0.1, 0.15) is 105 Å². The molecule has 0 radical (unpaired) electrons. The number of nitrogens with zero attached hydrogens (tertiary/aromatic N) is 3. The first kappa shape index (κ1) is 31.3. The number of hydrogen-bond acceptors (Lipinski definition) is 6. The standard InChI is InChI=1S/C34H43F3N4O2S/c1-4-21-18-33(19-21)14-12-24(13-15-33)41(2)20-22-8-10-23(11-9-22)32-40-27-16-28(43-3)26(17-29(27)44-32)39-31(42)25-6-5-7-30(38-25)34(35,36)37/h5-7,16-17,21-24H,4,8-15,18-20H2,1-3H3,(H,39,42). The second-order valence-corrected chi connectivity index (χ2v) is 14.6. The van der Waals surface area contributed by atoms with Crippen LogP contribution < -0.4 is 10.1 Å². The van der Waals surface area contributed by atoms with Crippen molar-refractivity contribution in [3.8, 4) is 5.75 Å². The molecule has 6 rings (SSSR count). The molecule has 0 unspecified atom stereocenters. The highest BCUT2D eigenvalue weighted by Gasteiger charge is 2.45. The van der Waals surface area contributed by atoms with Gasteiger partial charge in [-0.15, -0.1) is 11.3 Å². The molecule has 2 heterocycles. The summed E-state index contributed by atoms with van der Waals surface area (Å²) in [5.41, 5.74) is 0.434. The van der Waals surface area contributed by atoms with Gasteiger partial charge in [-0.25, -0.2) is 9.97 Å². The largest absolute Gasteiger partial charge is 0.494 e. The first-order valence-electron chi connectivity index (χ1n) is 16.1. The molecule has 10 heteroatoms. The smallest absolute Gasteiger partial charge is 0.433 e. The predicted octanol–water partition coefficient (Wildman–Crippen LogP) is 8.93. The molecular formula is C34H43F3N4O2S. The predicted molar refractivity (Wildman–Crippen MR) is 168 cm³/mol. The third kappa shape index (κ3) is 6.62. The highest BCUT2D eigenvalue weighted by atomic mass is 32.1. The number of pyridine rings is 1. The minimum Gasteiger partial charge on any atom is -0.494 e. The molecule has 6 nitrogen and oxygen atoms in total. The molecule has 238 valence electrons. The number of carbonyl (C=O) groups excluding carboxylic acids is 1. The number of nitrogens with one attached hydrogen (secondary N) is 1. The first-order valence-corrected chi connectivity index (χ1v) is 16.9. The molecule has 0 saturated heterocycles. The normalized spacial score (nSPS) is 27.4. The molecule has 1 amide bonds. The van der Waals surface area contributed by atoms with Gasteiger partial charge in [-0.1, -0.05) is 19.4 Å². The molecule has 1 spiro atoms. The third-order valence-corrected chi connectivity index (χ3v) is 11.8. The molecule has 0 atom stereocenters. The van der Waals surface area contributed by atoms with Crippen molar-refractivity contribution >= 4 is 33.1 Å². The summed E-state index contributed by atoms with van der Waals surface area (Å²) >= 11 is 1.62. The zero-order valence-electron chi connectivity index (χ0n) is 25.9. The molecule has 1 aromatic carbocycles. The Kier molecular flexibility index (Phi) is 8.94. The van der Waals surface area contributed by atoms with Gasteiger partial charge in [-0.05, 0) is 107 Å². The summed E-state index contributed by atoms with van der Waals surface area (Å²) in [7, 11) is 3.83. The highest BCUT2D eigenvalue weighted by molar-refractivity contribution is 7.18. The Balaban J connectivity index is 1.05. The average molecular weight is 629 g/mol. The van der Waals surface area contributed by atoms with Crippen LogP contribution in [-0.4, -0.2) is 47.5 Å². The van der Waals surface area contributed by atoms with Gasteiger partial charge in [-0.3, -0.25) is 4.79 Å². The number of rotatable bonds is 8. The van der Waals surface area contributed by atoms with Crippen molar-refractivity contribution < 1.29 is 22.7 Å². The number of anilines is 1. The van der Waals surface area contributed by atoms with Gasteiger partial charge in [0, 0.05) is 24.6 Å². The number of thiazole rings is 1. The third-order valence-electron chi connectivity index (χ3n) is 10.6. The number of aromatic nitrogens is 2. The first-order chi connectivity index (χ1) is 21.1. The van der Waals surface area contributed by atoms with E-state index in [0.717, 1.165) is 52.0 Å². The molecule has 3 aliphatic rings. The maximum atomic E-state index is 13.1. The maximum Gasteiger partial charge on any atom is 0.433 e. The van der Waals surface area contributed by atoms with Crippen LogP contribution >= 0.6 is 11.3 Å². The number of methoxy groups -OCH3 is 1. The molecule has 2 aromatic heterocycles. The molecular weight excluding hydrogens is 585 g/mol. The lowest BCUT2D eigenvalue weighted by atomic mass is 9.54. The lowest BCUT2D eigenvalue weighted by Crippen LogP contribution is -2.45. The van der Waals surface area contributed by atoms with E-state index >= 15 is 0 Å². The summed E-state index contributed by atoms with van der Waals surface area (Å²) in [6, 6.07) is 7.59. The van der Waals surface area contributed by atoms with E-state index in [1.54, 1.807) is 23.5 Å². The van der Waals surface area contributed by atoms with Gasteiger partial charge in [0.15, 0.2) is 0 Å². The van der Waals surface area contributed by atoms with E-state index in [9.17, 15) is 18.0 Å². The zero-order valence-corrected chi connectivity index (χ0v) is 26.7. The molecule has 3 aliphatic carbocycles. The van der Waals surface area contributed by atoms with Crippen molar-refractivity contribution in [3.05, 3.63) is 46.7 Å². The summed E-state index contributed by atoms with van der Waals surface area (Å²) < 4.78 is 45.7. The maximum absolute atomic E-state index is 13.1. The van der Waals surface area contributed by atoms with Crippen LogP contribution in [-0.2, 0) is 6.18 Å². The van der Waals surface area contributed by atoms with E-state index < -0.39 is 17.8 Å². The number of halogens is 3. The van der Waals surface area contributed by atoms with Crippen LogP contribution in [0.3, 0.4) is 0 Å². The molecule has 3 saturated carbocycles. The van der Waals surface area contributed by atoms with E-state index in [0.29, 0.717) is 22.8 Å². The van der Waals surface area contributed by atoms with Crippen LogP contribution in [0, 0.1) is 17.3 Å². The second-order valence-electron chi connectivity index (χ2n) is 13.5.